The average Bonchev–Trinajstić information content (AvgIpc) is 3.06. The molecule has 214 valence electrons. The van der Waals surface area contributed by atoms with Crippen LogP contribution >= 0.6 is 0 Å². The summed E-state index contributed by atoms with van der Waals surface area (Å²) in [6.07, 6.45) is -0.844. The fourth-order valence-corrected chi connectivity index (χ4v) is 3.77. The molecule has 39 heavy (non-hydrogen) atoms. The second kappa shape index (κ2) is 12.9. The van der Waals surface area contributed by atoms with Crippen molar-refractivity contribution in [3.05, 3.63) is 24.3 Å². The number of hydrogen-bond donors (Lipinski definition) is 5. The van der Waals surface area contributed by atoms with Gasteiger partial charge in [0.25, 0.3) is 0 Å². The molecule has 0 spiro atoms. The van der Waals surface area contributed by atoms with E-state index < -0.39 is 60.8 Å². The average molecular weight is 549 g/mol. The Kier molecular flexibility index (Phi) is 10.5. The van der Waals surface area contributed by atoms with Crippen molar-refractivity contribution in [1.82, 2.24) is 10.6 Å². The first-order chi connectivity index (χ1) is 18.0. The quantitative estimate of drug-likeness (QED) is 0.223. The van der Waals surface area contributed by atoms with Crippen LogP contribution in [0.15, 0.2) is 24.3 Å². The predicted octanol–water partition coefficient (Wildman–Crippen LogP) is 1.19. The Morgan fingerprint density at radius 1 is 0.897 bits per heavy atom. The number of nitrogens with one attached hydrogen (secondary N) is 2. The summed E-state index contributed by atoms with van der Waals surface area (Å²) >= 11 is 0. The fraction of sp³-hybridized carbons (Fsp3) is 0.560. The Labute approximate surface area is 227 Å². The van der Waals surface area contributed by atoms with E-state index in [0.29, 0.717) is 5.69 Å². The monoisotopic (exact) mass is 549 g/mol. The van der Waals surface area contributed by atoms with Crippen LogP contribution in [-0.2, 0) is 28.5 Å². The molecule has 1 fully saturated rings. The molecule has 1 aliphatic heterocycles. The summed E-state index contributed by atoms with van der Waals surface area (Å²) in [4.78, 5) is 59.9. The molecule has 1 aliphatic rings. The lowest BCUT2D eigenvalue weighted by molar-refractivity contribution is -0.140. The van der Waals surface area contributed by atoms with Gasteiger partial charge in [0.05, 0.1) is 11.2 Å². The summed E-state index contributed by atoms with van der Waals surface area (Å²) < 4.78 is 12.1. The van der Waals surface area contributed by atoms with Gasteiger partial charge in [0, 0.05) is 25.6 Å². The third kappa shape index (κ3) is 8.68. The van der Waals surface area contributed by atoms with E-state index in [2.05, 4.69) is 10.6 Å². The number of benzene rings is 1. The highest BCUT2D eigenvalue weighted by Crippen LogP contribution is 2.36. The fourth-order valence-electron chi connectivity index (χ4n) is 3.77. The lowest BCUT2D eigenvalue weighted by atomic mass is 9.79. The number of amides is 3. The minimum absolute atomic E-state index is 0.0132. The molecule has 13 nitrogen and oxygen atoms in total. The van der Waals surface area contributed by atoms with Crippen LogP contribution in [0.4, 0.5) is 10.5 Å². The first-order valence-corrected chi connectivity index (χ1v) is 12.5. The van der Waals surface area contributed by atoms with E-state index in [1.807, 2.05) is 33.8 Å². The van der Waals surface area contributed by atoms with Gasteiger partial charge in [-0.15, -0.1) is 0 Å². The topological polar surface area (TPSA) is 192 Å². The normalized spacial score (nSPS) is 17.1. The molecule has 14 heteroatoms. The maximum absolute atomic E-state index is 12.8. The number of nitrogens with zero attached hydrogens (tertiary/aromatic N) is 1. The van der Waals surface area contributed by atoms with E-state index in [0.717, 1.165) is 5.46 Å². The number of hydrogen-bond acceptors (Lipinski definition) is 7. The van der Waals surface area contributed by atoms with Gasteiger partial charge in [-0.3, -0.25) is 9.59 Å². The number of carbonyl (C=O) groups excluding carboxylic acids is 2. The molecule has 2 rings (SSSR count). The lowest BCUT2D eigenvalue weighted by Crippen LogP contribution is -2.51. The van der Waals surface area contributed by atoms with Gasteiger partial charge < -0.3 is 40.2 Å². The Morgan fingerprint density at radius 3 is 1.95 bits per heavy atom. The number of rotatable bonds is 13. The molecule has 1 saturated heterocycles. The molecule has 5 N–H and O–H groups in total. The zero-order chi connectivity index (χ0) is 29.5. The van der Waals surface area contributed by atoms with Gasteiger partial charge in [0.15, 0.2) is 0 Å². The van der Waals surface area contributed by atoms with Crippen molar-refractivity contribution in [2.45, 2.75) is 83.1 Å². The number of anilines is 1. The van der Waals surface area contributed by atoms with Crippen LogP contribution in [0.5, 0.6) is 0 Å². The molecular weight excluding hydrogens is 513 g/mol. The molecule has 0 aromatic heterocycles. The van der Waals surface area contributed by atoms with E-state index in [4.69, 9.17) is 19.5 Å². The van der Waals surface area contributed by atoms with Crippen LogP contribution in [-0.4, -0.2) is 82.6 Å². The van der Waals surface area contributed by atoms with Crippen LogP contribution in [0.1, 0.15) is 59.8 Å². The van der Waals surface area contributed by atoms with Crippen molar-refractivity contribution in [3.8, 4) is 0 Å². The summed E-state index contributed by atoms with van der Waals surface area (Å²) in [5.74, 6) is -4.33. The predicted molar refractivity (Wildman–Crippen MR) is 141 cm³/mol. The van der Waals surface area contributed by atoms with Crippen molar-refractivity contribution in [2.75, 3.05) is 11.9 Å². The molecule has 1 aromatic carbocycles. The summed E-state index contributed by atoms with van der Waals surface area (Å²) in [5.41, 5.74) is 0.303. The minimum Gasteiger partial charge on any atom is -0.481 e. The Morgan fingerprint density at radius 2 is 1.44 bits per heavy atom. The van der Waals surface area contributed by atoms with Gasteiger partial charge in [-0.25, -0.2) is 14.4 Å². The van der Waals surface area contributed by atoms with Crippen molar-refractivity contribution < 1.29 is 48.6 Å². The molecule has 0 aliphatic carbocycles. The van der Waals surface area contributed by atoms with E-state index >= 15 is 0 Å². The highest BCUT2D eigenvalue weighted by molar-refractivity contribution is 6.62. The number of urea groups is 1. The maximum Gasteiger partial charge on any atom is 0.494 e. The zero-order valence-corrected chi connectivity index (χ0v) is 22.7. The van der Waals surface area contributed by atoms with E-state index in [1.54, 1.807) is 25.2 Å². The smallest absolute Gasteiger partial charge is 0.481 e. The standard InChI is InChI=1S/C25H36BN3O10/c1-24(2)25(3,4)39-26(38-24)15-8-6-9-16(14-15)29(5)19(30)11-7-10-17(21(33)34)27-23(37)28-18(22(35)36)12-13-20(31)32/h6,8-9,14,17-18H,7,10-13H2,1-5H3,(H,31,32)(H,33,34)(H,35,36)(H2,27,28,37)/t17-,18-/m0/s1. The third-order valence-corrected chi connectivity index (χ3v) is 6.89. The number of aliphatic carboxylic acids is 3. The van der Waals surface area contributed by atoms with Crippen molar-refractivity contribution in [3.63, 3.8) is 0 Å². The van der Waals surface area contributed by atoms with Gasteiger partial charge in [0.1, 0.15) is 12.1 Å². The number of carboxylic acid groups (broad SMARTS) is 3. The Balaban J connectivity index is 1.93. The molecule has 0 saturated carbocycles. The molecule has 1 heterocycles. The molecular formula is C25H36BN3O10. The van der Waals surface area contributed by atoms with Gasteiger partial charge in [0.2, 0.25) is 5.91 Å². The van der Waals surface area contributed by atoms with Crippen LogP contribution < -0.4 is 21.0 Å². The first-order valence-electron chi connectivity index (χ1n) is 12.5. The molecule has 2 atom stereocenters. The minimum atomic E-state index is -1.50. The first kappa shape index (κ1) is 31.6. The Bertz CT molecular complexity index is 1080. The molecule has 0 bridgehead atoms. The summed E-state index contributed by atoms with van der Waals surface area (Å²) in [5, 5.41) is 31.5. The van der Waals surface area contributed by atoms with Gasteiger partial charge >= 0.3 is 31.1 Å². The van der Waals surface area contributed by atoms with E-state index in [-0.39, 0.29) is 31.6 Å². The maximum atomic E-state index is 12.8. The highest BCUT2D eigenvalue weighted by Gasteiger charge is 2.51. The second-order valence-corrected chi connectivity index (χ2v) is 10.4. The van der Waals surface area contributed by atoms with Crippen LogP contribution in [0, 0.1) is 0 Å². The number of carbonyl (C=O) groups is 5. The van der Waals surface area contributed by atoms with E-state index in [9.17, 15) is 29.1 Å². The zero-order valence-electron chi connectivity index (χ0n) is 22.7. The van der Waals surface area contributed by atoms with Crippen LogP contribution in [0.3, 0.4) is 0 Å². The van der Waals surface area contributed by atoms with Crippen molar-refractivity contribution >= 4 is 48.1 Å². The van der Waals surface area contributed by atoms with Gasteiger partial charge in [-0.05, 0) is 64.6 Å². The molecule has 1 aromatic rings. The van der Waals surface area contributed by atoms with Crippen LogP contribution in [0.2, 0.25) is 0 Å². The van der Waals surface area contributed by atoms with Crippen molar-refractivity contribution in [1.29, 1.82) is 0 Å². The van der Waals surface area contributed by atoms with Crippen molar-refractivity contribution in [2.24, 2.45) is 0 Å². The van der Waals surface area contributed by atoms with Crippen LogP contribution in [0.25, 0.3) is 0 Å². The number of carboxylic acids is 3. The SMILES string of the molecule is CN(C(=O)CCC[C@H](NC(=O)N[C@@H](CCC(=O)O)C(=O)O)C(=O)O)c1cccc(B2OC(C)(C)C(C)(C)O2)c1. The summed E-state index contributed by atoms with van der Waals surface area (Å²) in [6.45, 7) is 7.78. The molecule has 0 unspecified atom stereocenters. The summed E-state index contributed by atoms with van der Waals surface area (Å²) in [6, 6.07) is 3.21. The molecule has 3 amide bonds. The van der Waals surface area contributed by atoms with Gasteiger partial charge in [-0.2, -0.15) is 0 Å². The summed E-state index contributed by atoms with van der Waals surface area (Å²) in [7, 11) is 0.992. The van der Waals surface area contributed by atoms with Gasteiger partial charge in [-0.1, -0.05) is 12.1 Å². The third-order valence-electron chi connectivity index (χ3n) is 6.89. The molecule has 0 radical (unpaired) electrons. The second-order valence-electron chi connectivity index (χ2n) is 10.4. The largest absolute Gasteiger partial charge is 0.494 e. The Hall–Kier alpha value is -3.65. The lowest BCUT2D eigenvalue weighted by Gasteiger charge is -2.32. The highest BCUT2D eigenvalue weighted by atomic mass is 16.7. The van der Waals surface area contributed by atoms with E-state index in [1.165, 1.54) is 4.90 Å².